The average molecular weight is 319 g/mol. The van der Waals surface area contributed by atoms with Crippen molar-refractivity contribution in [1.29, 1.82) is 0 Å². The lowest BCUT2D eigenvalue weighted by Gasteiger charge is -2.11. The third-order valence-electron chi connectivity index (χ3n) is 3.03. The van der Waals surface area contributed by atoms with Crippen molar-refractivity contribution in [1.82, 2.24) is 0 Å². The van der Waals surface area contributed by atoms with Crippen LogP contribution in [-0.4, -0.2) is 6.29 Å². The first kappa shape index (κ1) is 13.8. The number of hydrogen-bond acceptors (Lipinski definition) is 2. The highest BCUT2D eigenvalue weighted by molar-refractivity contribution is 9.10. The van der Waals surface area contributed by atoms with Crippen LogP contribution in [0.25, 0.3) is 0 Å². The van der Waals surface area contributed by atoms with Gasteiger partial charge in [0.15, 0.2) is 0 Å². The second-order valence-electron chi connectivity index (χ2n) is 4.50. The van der Waals surface area contributed by atoms with E-state index in [1.54, 1.807) is 0 Å². The van der Waals surface area contributed by atoms with Gasteiger partial charge in [0.25, 0.3) is 0 Å². The lowest BCUT2D eigenvalue weighted by atomic mass is 10.0. The number of ether oxygens (including phenoxy) is 1. The van der Waals surface area contributed by atoms with E-state index < -0.39 is 0 Å². The summed E-state index contributed by atoms with van der Waals surface area (Å²) >= 11 is 3.39. The third kappa shape index (κ3) is 3.44. The molecule has 0 spiro atoms. The maximum Gasteiger partial charge on any atom is 0.150 e. The molecule has 0 N–H and O–H groups in total. The Morgan fingerprint density at radius 3 is 2.47 bits per heavy atom. The predicted octanol–water partition coefficient (Wildman–Crippen LogP) is 4.46. The first-order valence-corrected chi connectivity index (χ1v) is 6.83. The molecule has 2 rings (SSSR count). The van der Waals surface area contributed by atoms with Gasteiger partial charge in [-0.25, -0.2) is 0 Å². The van der Waals surface area contributed by atoms with Crippen molar-refractivity contribution in [3.63, 3.8) is 0 Å². The van der Waals surface area contributed by atoms with Gasteiger partial charge in [-0.1, -0.05) is 27.6 Å². The minimum absolute atomic E-state index is 0.468. The van der Waals surface area contributed by atoms with Crippen molar-refractivity contribution >= 4 is 22.2 Å². The van der Waals surface area contributed by atoms with Crippen molar-refractivity contribution in [3.05, 3.63) is 63.1 Å². The molecule has 0 atom stereocenters. The molecule has 0 aliphatic heterocycles. The number of benzene rings is 2. The molecule has 19 heavy (non-hydrogen) atoms. The lowest BCUT2D eigenvalue weighted by molar-refractivity contribution is 0.112. The Morgan fingerprint density at radius 2 is 1.84 bits per heavy atom. The number of rotatable bonds is 4. The molecule has 0 aromatic heterocycles. The highest BCUT2D eigenvalue weighted by atomic mass is 79.9. The van der Waals surface area contributed by atoms with Crippen LogP contribution >= 0.6 is 15.9 Å². The average Bonchev–Trinajstić information content (AvgIpc) is 2.41. The van der Waals surface area contributed by atoms with Gasteiger partial charge in [-0.2, -0.15) is 0 Å². The molecular formula is C16H15BrO2. The highest BCUT2D eigenvalue weighted by Crippen LogP contribution is 2.20. The van der Waals surface area contributed by atoms with Crippen molar-refractivity contribution in [3.8, 4) is 5.75 Å². The van der Waals surface area contributed by atoms with E-state index in [2.05, 4.69) is 22.0 Å². The van der Waals surface area contributed by atoms with Gasteiger partial charge in [0, 0.05) is 10.0 Å². The van der Waals surface area contributed by atoms with Crippen molar-refractivity contribution < 1.29 is 9.53 Å². The largest absolute Gasteiger partial charge is 0.489 e. The summed E-state index contributed by atoms with van der Waals surface area (Å²) in [6.07, 6.45) is 0.894. The molecule has 0 amide bonds. The van der Waals surface area contributed by atoms with Crippen LogP contribution in [0.2, 0.25) is 0 Å². The van der Waals surface area contributed by atoms with E-state index in [-0.39, 0.29) is 0 Å². The summed E-state index contributed by atoms with van der Waals surface area (Å²) in [4.78, 5) is 11.0. The van der Waals surface area contributed by atoms with Crippen LogP contribution < -0.4 is 4.74 Å². The first-order chi connectivity index (χ1) is 9.10. The van der Waals surface area contributed by atoms with Gasteiger partial charge in [-0.15, -0.1) is 0 Å². The summed E-state index contributed by atoms with van der Waals surface area (Å²) in [6, 6.07) is 11.7. The quantitative estimate of drug-likeness (QED) is 0.778. The molecule has 0 aliphatic carbocycles. The van der Waals surface area contributed by atoms with E-state index in [1.807, 2.05) is 44.2 Å². The van der Waals surface area contributed by atoms with E-state index in [4.69, 9.17) is 4.74 Å². The maximum absolute atomic E-state index is 11.0. The Kier molecular flexibility index (Phi) is 4.38. The molecule has 98 valence electrons. The fourth-order valence-electron chi connectivity index (χ4n) is 1.93. The monoisotopic (exact) mass is 318 g/mol. The second-order valence-corrected chi connectivity index (χ2v) is 5.41. The van der Waals surface area contributed by atoms with E-state index in [9.17, 15) is 4.79 Å². The summed E-state index contributed by atoms with van der Waals surface area (Å²) < 4.78 is 6.77. The Balaban J connectivity index is 2.17. The number of carbonyl (C=O) groups excluding carboxylic acids is 1. The van der Waals surface area contributed by atoms with Gasteiger partial charge < -0.3 is 4.74 Å². The van der Waals surface area contributed by atoms with Crippen LogP contribution in [0.5, 0.6) is 5.75 Å². The van der Waals surface area contributed by atoms with E-state index in [0.717, 1.165) is 38.8 Å². The Hall–Kier alpha value is -1.61. The van der Waals surface area contributed by atoms with Gasteiger partial charge in [-0.05, 0) is 55.3 Å². The summed E-state index contributed by atoms with van der Waals surface area (Å²) in [6.45, 7) is 4.40. The van der Waals surface area contributed by atoms with E-state index >= 15 is 0 Å². The molecule has 0 bridgehead atoms. The van der Waals surface area contributed by atoms with Crippen LogP contribution in [0.3, 0.4) is 0 Å². The van der Waals surface area contributed by atoms with Crippen LogP contribution in [0, 0.1) is 13.8 Å². The Bertz CT molecular complexity index is 588. The van der Waals surface area contributed by atoms with Crippen molar-refractivity contribution in [2.24, 2.45) is 0 Å². The molecule has 2 aromatic carbocycles. The topological polar surface area (TPSA) is 26.3 Å². The minimum Gasteiger partial charge on any atom is -0.489 e. The molecule has 0 radical (unpaired) electrons. The molecule has 0 heterocycles. The molecule has 0 saturated heterocycles. The number of aryl methyl sites for hydroxylation is 1. The summed E-state index contributed by atoms with van der Waals surface area (Å²) in [5, 5.41) is 0. The number of hydrogen-bond donors (Lipinski definition) is 0. The molecule has 3 heteroatoms. The van der Waals surface area contributed by atoms with Crippen LogP contribution in [0.4, 0.5) is 0 Å². The van der Waals surface area contributed by atoms with Crippen molar-refractivity contribution in [2.45, 2.75) is 20.5 Å². The Labute approximate surface area is 121 Å². The molecule has 0 unspecified atom stereocenters. The van der Waals surface area contributed by atoms with Gasteiger partial charge in [-0.3, -0.25) is 4.79 Å². The molecular weight excluding hydrogens is 304 g/mol. The van der Waals surface area contributed by atoms with Crippen LogP contribution in [0.15, 0.2) is 40.9 Å². The maximum atomic E-state index is 11.0. The van der Waals surface area contributed by atoms with Crippen LogP contribution in [-0.2, 0) is 6.61 Å². The third-order valence-corrected chi connectivity index (χ3v) is 3.56. The van der Waals surface area contributed by atoms with Gasteiger partial charge in [0.05, 0.1) is 0 Å². The summed E-state index contributed by atoms with van der Waals surface area (Å²) in [7, 11) is 0. The van der Waals surface area contributed by atoms with Crippen molar-refractivity contribution in [2.75, 3.05) is 0 Å². The van der Waals surface area contributed by atoms with Gasteiger partial charge >= 0.3 is 0 Å². The SMILES string of the molecule is Cc1cc(C=O)c(C)c(COc2ccc(Br)cc2)c1. The zero-order valence-electron chi connectivity index (χ0n) is 10.9. The standard InChI is InChI=1S/C16H15BrO2/c1-11-7-13(9-18)12(2)14(8-11)10-19-16-5-3-15(17)4-6-16/h3-9H,10H2,1-2H3. The molecule has 0 saturated carbocycles. The number of aldehydes is 1. The smallest absolute Gasteiger partial charge is 0.150 e. The lowest BCUT2D eigenvalue weighted by Crippen LogP contribution is -2.01. The highest BCUT2D eigenvalue weighted by Gasteiger charge is 2.06. The summed E-state index contributed by atoms with van der Waals surface area (Å²) in [5.41, 5.74) is 3.83. The predicted molar refractivity (Wildman–Crippen MR) is 79.8 cm³/mol. The zero-order valence-corrected chi connectivity index (χ0v) is 12.5. The van der Waals surface area contributed by atoms with Gasteiger partial charge in [0.2, 0.25) is 0 Å². The van der Waals surface area contributed by atoms with Crippen LogP contribution in [0.1, 0.15) is 27.0 Å². The first-order valence-electron chi connectivity index (χ1n) is 6.04. The minimum atomic E-state index is 0.468. The number of halogens is 1. The molecule has 0 aliphatic rings. The normalized spacial score (nSPS) is 10.3. The summed E-state index contributed by atoms with van der Waals surface area (Å²) in [5.74, 6) is 0.816. The fraction of sp³-hybridized carbons (Fsp3) is 0.188. The second kappa shape index (κ2) is 6.02. The molecule has 0 fully saturated rings. The fourth-order valence-corrected chi connectivity index (χ4v) is 2.19. The Morgan fingerprint density at radius 1 is 1.16 bits per heavy atom. The molecule has 2 aromatic rings. The number of carbonyl (C=O) groups is 1. The van der Waals surface area contributed by atoms with E-state index in [1.165, 1.54) is 0 Å². The van der Waals surface area contributed by atoms with Gasteiger partial charge in [0.1, 0.15) is 18.6 Å². The zero-order chi connectivity index (χ0) is 13.8. The molecule has 2 nitrogen and oxygen atoms in total. The van der Waals surface area contributed by atoms with E-state index in [0.29, 0.717) is 6.61 Å².